The number of carbonyl (C=O) groups excluding carboxylic acids is 1. The van der Waals surface area contributed by atoms with E-state index in [0.717, 1.165) is 5.56 Å². The first-order valence-corrected chi connectivity index (χ1v) is 6.32. The summed E-state index contributed by atoms with van der Waals surface area (Å²) >= 11 is 0. The van der Waals surface area contributed by atoms with E-state index in [9.17, 15) is 4.79 Å². The molecule has 0 aliphatic heterocycles. The van der Waals surface area contributed by atoms with Crippen LogP contribution in [0.5, 0.6) is 0 Å². The molecule has 0 aliphatic carbocycles. The zero-order valence-corrected chi connectivity index (χ0v) is 11.4. The van der Waals surface area contributed by atoms with Crippen LogP contribution in [0.4, 0.5) is 5.69 Å². The van der Waals surface area contributed by atoms with Crippen LogP contribution in [0.15, 0.2) is 18.2 Å². The van der Waals surface area contributed by atoms with Gasteiger partial charge in [0.25, 0.3) is 5.91 Å². The second-order valence-electron chi connectivity index (χ2n) is 4.21. The summed E-state index contributed by atoms with van der Waals surface area (Å²) in [5.41, 5.74) is 8.03. The molecule has 0 bridgehead atoms. The number of rotatable bonds is 6. The highest BCUT2D eigenvalue weighted by Gasteiger charge is 2.14. The summed E-state index contributed by atoms with van der Waals surface area (Å²) in [6.45, 7) is 8.35. The molecule has 2 N–H and O–H groups in total. The van der Waals surface area contributed by atoms with Crippen molar-refractivity contribution in [1.29, 1.82) is 0 Å². The summed E-state index contributed by atoms with van der Waals surface area (Å²) in [5.74, 6) is 0.00704. The molecular formula is C14H22N2O2. The normalized spacial score (nSPS) is 10.4. The average molecular weight is 250 g/mol. The molecule has 1 aromatic rings. The van der Waals surface area contributed by atoms with Crippen LogP contribution in [0, 0.1) is 6.92 Å². The SMILES string of the molecule is CCOCCN(CC)C(=O)c1cc(C)cc(N)c1. The quantitative estimate of drug-likeness (QED) is 0.621. The number of anilines is 1. The Labute approximate surface area is 109 Å². The summed E-state index contributed by atoms with van der Waals surface area (Å²) in [5, 5.41) is 0. The van der Waals surface area contributed by atoms with Crippen LogP contribution in [0.25, 0.3) is 0 Å². The van der Waals surface area contributed by atoms with Gasteiger partial charge in [-0.3, -0.25) is 4.79 Å². The third-order valence-corrected chi connectivity index (χ3v) is 2.73. The molecule has 1 rings (SSSR count). The summed E-state index contributed by atoms with van der Waals surface area (Å²) in [6, 6.07) is 5.44. The maximum absolute atomic E-state index is 12.3. The van der Waals surface area contributed by atoms with Gasteiger partial charge in [-0.15, -0.1) is 0 Å². The van der Waals surface area contributed by atoms with Gasteiger partial charge in [0.2, 0.25) is 0 Å². The van der Waals surface area contributed by atoms with Gasteiger partial charge in [-0.05, 0) is 44.5 Å². The van der Waals surface area contributed by atoms with E-state index >= 15 is 0 Å². The fraction of sp³-hybridized carbons (Fsp3) is 0.500. The molecule has 1 amide bonds. The molecule has 0 atom stereocenters. The number of nitrogens with two attached hydrogens (primary N) is 1. The molecule has 0 aliphatic rings. The second kappa shape index (κ2) is 7.01. The minimum atomic E-state index is 0.00704. The van der Waals surface area contributed by atoms with Crippen molar-refractivity contribution in [1.82, 2.24) is 4.90 Å². The van der Waals surface area contributed by atoms with Gasteiger partial charge in [0, 0.05) is 30.9 Å². The van der Waals surface area contributed by atoms with Gasteiger partial charge in [-0.25, -0.2) is 0 Å². The van der Waals surface area contributed by atoms with Crippen molar-refractivity contribution in [3.05, 3.63) is 29.3 Å². The van der Waals surface area contributed by atoms with Gasteiger partial charge in [-0.2, -0.15) is 0 Å². The maximum Gasteiger partial charge on any atom is 0.254 e. The highest BCUT2D eigenvalue weighted by molar-refractivity contribution is 5.95. The molecule has 0 heterocycles. The summed E-state index contributed by atoms with van der Waals surface area (Å²) < 4.78 is 5.28. The van der Waals surface area contributed by atoms with Crippen LogP contribution in [0.1, 0.15) is 29.8 Å². The molecule has 0 saturated heterocycles. The molecular weight excluding hydrogens is 228 g/mol. The van der Waals surface area contributed by atoms with Crippen molar-refractivity contribution in [3.8, 4) is 0 Å². The minimum Gasteiger partial charge on any atom is -0.399 e. The minimum absolute atomic E-state index is 0.00704. The monoisotopic (exact) mass is 250 g/mol. The number of amides is 1. The molecule has 4 heteroatoms. The molecule has 4 nitrogen and oxygen atoms in total. The Hall–Kier alpha value is -1.55. The van der Waals surface area contributed by atoms with Crippen LogP contribution >= 0.6 is 0 Å². The summed E-state index contributed by atoms with van der Waals surface area (Å²) in [4.78, 5) is 14.1. The fourth-order valence-corrected chi connectivity index (χ4v) is 1.84. The molecule has 0 fully saturated rings. The van der Waals surface area contributed by atoms with Crippen LogP contribution in [-0.4, -0.2) is 37.1 Å². The van der Waals surface area contributed by atoms with E-state index in [1.54, 1.807) is 11.0 Å². The second-order valence-corrected chi connectivity index (χ2v) is 4.21. The van der Waals surface area contributed by atoms with E-state index in [-0.39, 0.29) is 5.91 Å². The maximum atomic E-state index is 12.3. The lowest BCUT2D eigenvalue weighted by Gasteiger charge is -2.21. The number of likely N-dealkylation sites (N-methyl/N-ethyl adjacent to an activating group) is 1. The summed E-state index contributed by atoms with van der Waals surface area (Å²) in [6.07, 6.45) is 0. The largest absolute Gasteiger partial charge is 0.399 e. The standard InChI is InChI=1S/C14H22N2O2/c1-4-16(6-7-18-5-2)14(17)12-8-11(3)9-13(15)10-12/h8-10H,4-7,15H2,1-3H3. The van der Waals surface area contributed by atoms with Crippen molar-refractivity contribution >= 4 is 11.6 Å². The van der Waals surface area contributed by atoms with E-state index in [2.05, 4.69) is 0 Å². The van der Waals surface area contributed by atoms with E-state index in [0.29, 0.717) is 37.6 Å². The number of hydrogen-bond donors (Lipinski definition) is 1. The Balaban J connectivity index is 2.76. The van der Waals surface area contributed by atoms with Crippen molar-refractivity contribution in [2.75, 3.05) is 32.0 Å². The van der Waals surface area contributed by atoms with Gasteiger partial charge < -0.3 is 15.4 Å². The Morgan fingerprint density at radius 2 is 2.06 bits per heavy atom. The molecule has 0 saturated carbocycles. The lowest BCUT2D eigenvalue weighted by atomic mass is 10.1. The third-order valence-electron chi connectivity index (χ3n) is 2.73. The number of nitrogen functional groups attached to an aromatic ring is 1. The van der Waals surface area contributed by atoms with Crippen molar-refractivity contribution in [2.45, 2.75) is 20.8 Å². The Morgan fingerprint density at radius 3 is 2.61 bits per heavy atom. The van der Waals surface area contributed by atoms with Gasteiger partial charge >= 0.3 is 0 Å². The number of ether oxygens (including phenoxy) is 1. The molecule has 18 heavy (non-hydrogen) atoms. The first-order chi connectivity index (χ1) is 8.58. The number of carbonyl (C=O) groups is 1. The van der Waals surface area contributed by atoms with Crippen LogP contribution in [0.3, 0.4) is 0 Å². The molecule has 100 valence electrons. The highest BCUT2D eigenvalue weighted by Crippen LogP contribution is 2.13. The zero-order chi connectivity index (χ0) is 13.5. The molecule has 1 aromatic carbocycles. The lowest BCUT2D eigenvalue weighted by Crippen LogP contribution is -2.34. The number of benzene rings is 1. The number of hydrogen-bond acceptors (Lipinski definition) is 3. The topological polar surface area (TPSA) is 55.6 Å². The van der Waals surface area contributed by atoms with Crippen molar-refractivity contribution < 1.29 is 9.53 Å². The van der Waals surface area contributed by atoms with Crippen molar-refractivity contribution in [3.63, 3.8) is 0 Å². The Kier molecular flexibility index (Phi) is 5.65. The highest BCUT2D eigenvalue weighted by atomic mass is 16.5. The lowest BCUT2D eigenvalue weighted by molar-refractivity contribution is 0.0669. The predicted molar refractivity (Wildman–Crippen MR) is 73.7 cm³/mol. The molecule has 0 unspecified atom stereocenters. The Bertz CT molecular complexity index is 385. The van der Waals surface area contributed by atoms with E-state index in [1.165, 1.54) is 0 Å². The number of nitrogens with zero attached hydrogens (tertiary/aromatic N) is 1. The Morgan fingerprint density at radius 1 is 1.33 bits per heavy atom. The summed E-state index contributed by atoms with van der Waals surface area (Å²) in [7, 11) is 0. The smallest absolute Gasteiger partial charge is 0.254 e. The molecule has 0 radical (unpaired) electrons. The van der Waals surface area contributed by atoms with Crippen LogP contribution in [-0.2, 0) is 4.74 Å². The van der Waals surface area contributed by atoms with Crippen LogP contribution < -0.4 is 5.73 Å². The van der Waals surface area contributed by atoms with Crippen molar-refractivity contribution in [2.24, 2.45) is 0 Å². The van der Waals surface area contributed by atoms with E-state index in [4.69, 9.17) is 10.5 Å². The predicted octanol–water partition coefficient (Wildman–Crippen LogP) is 2.08. The van der Waals surface area contributed by atoms with Gasteiger partial charge in [-0.1, -0.05) is 0 Å². The molecule has 0 spiro atoms. The van der Waals surface area contributed by atoms with Gasteiger partial charge in [0.15, 0.2) is 0 Å². The van der Waals surface area contributed by atoms with E-state index < -0.39 is 0 Å². The van der Waals surface area contributed by atoms with E-state index in [1.807, 2.05) is 32.9 Å². The van der Waals surface area contributed by atoms with Gasteiger partial charge in [0.1, 0.15) is 0 Å². The number of aryl methyl sites for hydroxylation is 1. The fourth-order valence-electron chi connectivity index (χ4n) is 1.84. The van der Waals surface area contributed by atoms with Crippen LogP contribution in [0.2, 0.25) is 0 Å². The third kappa shape index (κ3) is 4.04. The molecule has 0 aromatic heterocycles. The first kappa shape index (κ1) is 14.5. The van der Waals surface area contributed by atoms with Gasteiger partial charge in [0.05, 0.1) is 6.61 Å². The average Bonchev–Trinajstić information content (AvgIpc) is 2.33. The zero-order valence-electron chi connectivity index (χ0n) is 11.4. The first-order valence-electron chi connectivity index (χ1n) is 6.32.